The summed E-state index contributed by atoms with van der Waals surface area (Å²) >= 11 is 2.30. The monoisotopic (exact) mass is 324 g/mol. The van der Waals surface area contributed by atoms with Crippen LogP contribution in [0.2, 0.25) is 0 Å². The molecule has 0 unspecified atom stereocenters. The number of anilines is 1. The number of nitrogens with one attached hydrogen (secondary N) is 1. The molecule has 0 aliphatic rings. The van der Waals surface area contributed by atoms with Gasteiger partial charge in [0.15, 0.2) is 0 Å². The van der Waals surface area contributed by atoms with Gasteiger partial charge in [0, 0.05) is 15.5 Å². The maximum Gasteiger partial charge on any atom is 0.0623 e. The van der Waals surface area contributed by atoms with Crippen molar-refractivity contribution >= 4 is 28.3 Å². The van der Waals surface area contributed by atoms with Crippen molar-refractivity contribution in [3.63, 3.8) is 0 Å². The van der Waals surface area contributed by atoms with Gasteiger partial charge in [-0.1, -0.05) is 6.07 Å². The van der Waals surface area contributed by atoms with Crippen LogP contribution in [0.25, 0.3) is 0 Å². The first-order valence-electron chi connectivity index (χ1n) is 5.15. The molecule has 2 rings (SSSR count). The van der Waals surface area contributed by atoms with E-state index in [0.717, 1.165) is 17.9 Å². The van der Waals surface area contributed by atoms with Crippen LogP contribution >= 0.6 is 22.6 Å². The van der Waals surface area contributed by atoms with Crippen LogP contribution in [0, 0.1) is 10.5 Å². The van der Waals surface area contributed by atoms with Gasteiger partial charge in [-0.3, -0.25) is 4.98 Å². The van der Waals surface area contributed by atoms with Crippen molar-refractivity contribution in [2.24, 2.45) is 0 Å². The second-order valence-electron chi connectivity index (χ2n) is 3.63. The Bertz CT molecular complexity index is 466. The molecule has 16 heavy (non-hydrogen) atoms. The third-order valence-electron chi connectivity index (χ3n) is 2.42. The van der Waals surface area contributed by atoms with Crippen molar-refractivity contribution in [3.8, 4) is 0 Å². The highest BCUT2D eigenvalue weighted by Gasteiger charge is 1.98. The molecule has 0 spiro atoms. The van der Waals surface area contributed by atoms with E-state index in [1.165, 1.54) is 9.13 Å². The van der Waals surface area contributed by atoms with E-state index in [-0.39, 0.29) is 0 Å². The van der Waals surface area contributed by atoms with Crippen LogP contribution in [0.15, 0.2) is 42.6 Å². The van der Waals surface area contributed by atoms with Gasteiger partial charge >= 0.3 is 0 Å². The first-order valence-corrected chi connectivity index (χ1v) is 6.23. The Kier molecular flexibility index (Phi) is 3.77. The van der Waals surface area contributed by atoms with Gasteiger partial charge in [0.25, 0.3) is 0 Å². The highest BCUT2D eigenvalue weighted by Crippen LogP contribution is 2.12. The molecule has 0 amide bonds. The molecule has 0 fully saturated rings. The van der Waals surface area contributed by atoms with E-state index in [2.05, 4.69) is 70.1 Å². The summed E-state index contributed by atoms with van der Waals surface area (Å²) in [6.45, 7) is 2.85. The number of aryl methyl sites for hydroxylation is 1. The lowest BCUT2D eigenvalue weighted by Crippen LogP contribution is -2.03. The summed E-state index contributed by atoms with van der Waals surface area (Å²) in [6.07, 6.45) is 1.83. The third kappa shape index (κ3) is 2.95. The average molecular weight is 324 g/mol. The van der Waals surface area contributed by atoms with Crippen LogP contribution in [0.3, 0.4) is 0 Å². The molecule has 3 heteroatoms. The molecule has 1 aromatic carbocycles. The lowest BCUT2D eigenvalue weighted by Gasteiger charge is -2.07. The Morgan fingerprint density at radius 2 is 1.94 bits per heavy atom. The summed E-state index contributed by atoms with van der Waals surface area (Å²) in [5.74, 6) is 0. The predicted octanol–water partition coefficient (Wildman–Crippen LogP) is 3.61. The van der Waals surface area contributed by atoms with Gasteiger partial charge in [-0.2, -0.15) is 0 Å². The molecule has 2 nitrogen and oxygen atoms in total. The number of halogens is 1. The fourth-order valence-corrected chi connectivity index (χ4v) is 1.82. The number of aromatic nitrogens is 1. The van der Waals surface area contributed by atoms with Crippen LogP contribution in [0.4, 0.5) is 5.69 Å². The molecule has 1 aromatic heterocycles. The summed E-state index contributed by atoms with van der Waals surface area (Å²) in [5.41, 5.74) is 3.45. The van der Waals surface area contributed by atoms with Crippen LogP contribution in [-0.4, -0.2) is 4.98 Å². The van der Waals surface area contributed by atoms with E-state index in [0.29, 0.717) is 0 Å². The second-order valence-corrected chi connectivity index (χ2v) is 4.87. The van der Waals surface area contributed by atoms with E-state index in [9.17, 15) is 0 Å². The zero-order chi connectivity index (χ0) is 11.4. The first kappa shape index (κ1) is 11.4. The Hall–Kier alpha value is -1.10. The molecule has 0 bridgehead atoms. The van der Waals surface area contributed by atoms with Crippen LogP contribution < -0.4 is 5.32 Å². The highest BCUT2D eigenvalue weighted by molar-refractivity contribution is 14.1. The van der Waals surface area contributed by atoms with E-state index < -0.39 is 0 Å². The SMILES string of the molecule is Cc1cccnc1CNc1ccc(I)cc1. The van der Waals surface area contributed by atoms with Crippen LogP contribution in [0.1, 0.15) is 11.3 Å². The van der Waals surface area contributed by atoms with E-state index in [1.807, 2.05) is 12.3 Å². The minimum Gasteiger partial charge on any atom is -0.379 e. The second kappa shape index (κ2) is 5.30. The van der Waals surface area contributed by atoms with Gasteiger partial charge in [0.2, 0.25) is 0 Å². The minimum absolute atomic E-state index is 0.771. The Morgan fingerprint density at radius 1 is 1.19 bits per heavy atom. The number of rotatable bonds is 3. The zero-order valence-electron chi connectivity index (χ0n) is 9.07. The summed E-state index contributed by atoms with van der Waals surface area (Å²) in [7, 11) is 0. The minimum atomic E-state index is 0.771. The summed E-state index contributed by atoms with van der Waals surface area (Å²) < 4.78 is 1.25. The van der Waals surface area contributed by atoms with Crippen molar-refractivity contribution < 1.29 is 0 Å². The standard InChI is InChI=1S/C13H13IN2/c1-10-3-2-8-15-13(10)9-16-12-6-4-11(14)5-7-12/h2-8,16H,9H2,1H3. The summed E-state index contributed by atoms with van der Waals surface area (Å²) in [4.78, 5) is 4.35. The number of hydrogen-bond donors (Lipinski definition) is 1. The van der Waals surface area contributed by atoms with Gasteiger partial charge in [0.1, 0.15) is 0 Å². The third-order valence-corrected chi connectivity index (χ3v) is 3.14. The molecule has 0 atom stereocenters. The fraction of sp³-hybridized carbons (Fsp3) is 0.154. The Balaban J connectivity index is 2.02. The van der Waals surface area contributed by atoms with Crippen molar-refractivity contribution in [2.45, 2.75) is 13.5 Å². The Labute approximate surface area is 109 Å². The number of pyridine rings is 1. The molecular formula is C13H13IN2. The lowest BCUT2D eigenvalue weighted by molar-refractivity contribution is 1.02. The maximum absolute atomic E-state index is 4.35. The summed E-state index contributed by atoms with van der Waals surface area (Å²) in [6, 6.07) is 12.4. The van der Waals surface area contributed by atoms with Gasteiger partial charge in [0.05, 0.1) is 12.2 Å². The fourth-order valence-electron chi connectivity index (χ4n) is 1.46. The van der Waals surface area contributed by atoms with Crippen molar-refractivity contribution in [1.82, 2.24) is 4.98 Å². The molecule has 0 aliphatic carbocycles. The largest absolute Gasteiger partial charge is 0.379 e. The van der Waals surface area contributed by atoms with E-state index in [1.54, 1.807) is 0 Å². The smallest absolute Gasteiger partial charge is 0.0623 e. The van der Waals surface area contributed by atoms with E-state index in [4.69, 9.17) is 0 Å². The molecule has 82 valence electrons. The van der Waals surface area contributed by atoms with Crippen molar-refractivity contribution in [1.29, 1.82) is 0 Å². The van der Waals surface area contributed by atoms with Crippen LogP contribution in [-0.2, 0) is 6.54 Å². The van der Waals surface area contributed by atoms with Crippen LogP contribution in [0.5, 0.6) is 0 Å². The normalized spacial score (nSPS) is 10.1. The predicted molar refractivity (Wildman–Crippen MR) is 75.5 cm³/mol. The first-order chi connectivity index (χ1) is 7.75. The van der Waals surface area contributed by atoms with Gasteiger partial charge in [-0.05, 0) is 65.4 Å². The maximum atomic E-state index is 4.35. The number of benzene rings is 1. The van der Waals surface area contributed by atoms with E-state index >= 15 is 0 Å². The van der Waals surface area contributed by atoms with Crippen molar-refractivity contribution in [3.05, 3.63) is 57.4 Å². The molecular weight excluding hydrogens is 311 g/mol. The topological polar surface area (TPSA) is 24.9 Å². The Morgan fingerprint density at radius 3 is 2.62 bits per heavy atom. The van der Waals surface area contributed by atoms with Gasteiger partial charge < -0.3 is 5.32 Å². The molecule has 0 saturated heterocycles. The molecule has 1 heterocycles. The van der Waals surface area contributed by atoms with Crippen molar-refractivity contribution in [2.75, 3.05) is 5.32 Å². The zero-order valence-corrected chi connectivity index (χ0v) is 11.2. The lowest BCUT2D eigenvalue weighted by atomic mass is 10.2. The average Bonchev–Trinajstić information content (AvgIpc) is 2.30. The molecule has 0 saturated carbocycles. The number of hydrogen-bond acceptors (Lipinski definition) is 2. The molecule has 1 N–H and O–H groups in total. The highest BCUT2D eigenvalue weighted by atomic mass is 127. The molecule has 2 aromatic rings. The molecule has 0 radical (unpaired) electrons. The summed E-state index contributed by atoms with van der Waals surface area (Å²) in [5, 5.41) is 3.36. The quantitative estimate of drug-likeness (QED) is 0.873. The van der Waals surface area contributed by atoms with Gasteiger partial charge in [-0.15, -0.1) is 0 Å². The molecule has 0 aliphatic heterocycles. The van der Waals surface area contributed by atoms with Gasteiger partial charge in [-0.25, -0.2) is 0 Å². The number of nitrogens with zero attached hydrogens (tertiary/aromatic N) is 1.